The first-order chi connectivity index (χ1) is 13.9. The van der Waals surface area contributed by atoms with Crippen molar-refractivity contribution in [2.24, 2.45) is 16.6 Å². The summed E-state index contributed by atoms with van der Waals surface area (Å²) in [5.41, 5.74) is 8.53. The second kappa shape index (κ2) is 11.0. The number of aryl methyl sites for hydroxylation is 1. The SMILES string of the molecule is CCOc1cc(C)ccc1CNC(=NC)NCC(Cc1ccc(F)cc1)C(N)=O. The van der Waals surface area contributed by atoms with E-state index in [2.05, 4.69) is 15.6 Å². The largest absolute Gasteiger partial charge is 0.494 e. The summed E-state index contributed by atoms with van der Waals surface area (Å²) in [4.78, 5) is 16.0. The van der Waals surface area contributed by atoms with Gasteiger partial charge in [0.25, 0.3) is 0 Å². The Morgan fingerprint density at radius 2 is 1.93 bits per heavy atom. The Bertz CT molecular complexity index is 837. The number of guanidine groups is 1. The highest BCUT2D eigenvalue weighted by atomic mass is 19.1. The molecule has 2 aromatic carbocycles. The van der Waals surface area contributed by atoms with E-state index in [9.17, 15) is 9.18 Å². The van der Waals surface area contributed by atoms with Gasteiger partial charge in [-0.15, -0.1) is 0 Å². The van der Waals surface area contributed by atoms with Gasteiger partial charge in [0, 0.05) is 25.7 Å². The van der Waals surface area contributed by atoms with E-state index in [1.165, 1.54) is 12.1 Å². The Morgan fingerprint density at radius 1 is 1.21 bits per heavy atom. The zero-order chi connectivity index (χ0) is 21.2. The average molecular weight is 400 g/mol. The lowest BCUT2D eigenvalue weighted by atomic mass is 9.98. The Morgan fingerprint density at radius 3 is 2.55 bits per heavy atom. The fourth-order valence-electron chi connectivity index (χ4n) is 2.90. The minimum Gasteiger partial charge on any atom is -0.494 e. The van der Waals surface area contributed by atoms with E-state index in [1.807, 2.05) is 32.0 Å². The van der Waals surface area contributed by atoms with Crippen molar-refractivity contribution < 1.29 is 13.9 Å². The summed E-state index contributed by atoms with van der Waals surface area (Å²) in [5, 5.41) is 6.37. The number of primary amides is 1. The number of nitrogens with one attached hydrogen (secondary N) is 2. The predicted molar refractivity (Wildman–Crippen MR) is 113 cm³/mol. The number of benzene rings is 2. The smallest absolute Gasteiger partial charge is 0.222 e. The van der Waals surface area contributed by atoms with Crippen molar-refractivity contribution in [2.75, 3.05) is 20.2 Å². The molecule has 0 aliphatic rings. The molecule has 1 atom stereocenters. The number of carbonyl (C=O) groups excluding carboxylic acids is 1. The monoisotopic (exact) mass is 400 g/mol. The Hall–Kier alpha value is -3.09. The van der Waals surface area contributed by atoms with Gasteiger partial charge in [0.05, 0.1) is 12.5 Å². The molecular formula is C22H29FN4O2. The third-order valence-electron chi connectivity index (χ3n) is 4.51. The van der Waals surface area contributed by atoms with Crippen molar-refractivity contribution in [3.8, 4) is 5.75 Å². The van der Waals surface area contributed by atoms with Crippen LogP contribution in [0.1, 0.15) is 23.6 Å². The van der Waals surface area contributed by atoms with Crippen LogP contribution in [-0.4, -0.2) is 32.1 Å². The summed E-state index contributed by atoms with van der Waals surface area (Å²) in [6, 6.07) is 12.1. The first kappa shape index (κ1) is 22.2. The highest BCUT2D eigenvalue weighted by Crippen LogP contribution is 2.20. The van der Waals surface area contributed by atoms with Gasteiger partial charge in [0.2, 0.25) is 5.91 Å². The van der Waals surface area contributed by atoms with Crippen LogP contribution in [0, 0.1) is 18.7 Å². The Kier molecular flexibility index (Phi) is 8.45. The molecule has 7 heteroatoms. The van der Waals surface area contributed by atoms with Crippen molar-refractivity contribution in [1.82, 2.24) is 10.6 Å². The summed E-state index contributed by atoms with van der Waals surface area (Å²) >= 11 is 0. The maximum Gasteiger partial charge on any atom is 0.222 e. The van der Waals surface area contributed by atoms with Crippen LogP contribution in [0.2, 0.25) is 0 Å². The number of carbonyl (C=O) groups is 1. The van der Waals surface area contributed by atoms with Crippen LogP contribution >= 0.6 is 0 Å². The summed E-state index contributed by atoms with van der Waals surface area (Å²) in [6.45, 7) is 5.40. The van der Waals surface area contributed by atoms with Crippen LogP contribution in [-0.2, 0) is 17.8 Å². The number of amides is 1. The summed E-state index contributed by atoms with van der Waals surface area (Å²) < 4.78 is 18.8. The second-order valence-electron chi connectivity index (χ2n) is 6.78. The molecule has 0 aliphatic heterocycles. The van der Waals surface area contributed by atoms with Crippen molar-refractivity contribution in [3.63, 3.8) is 0 Å². The molecule has 0 aliphatic carbocycles. The lowest BCUT2D eigenvalue weighted by Gasteiger charge is -2.18. The van der Waals surface area contributed by atoms with Gasteiger partial charge in [-0.2, -0.15) is 0 Å². The van der Waals surface area contributed by atoms with Gasteiger partial charge in [0.15, 0.2) is 5.96 Å². The van der Waals surface area contributed by atoms with Crippen LogP contribution in [0.5, 0.6) is 5.75 Å². The van der Waals surface area contributed by atoms with E-state index < -0.39 is 11.8 Å². The predicted octanol–water partition coefficient (Wildman–Crippen LogP) is 2.54. The third kappa shape index (κ3) is 7.10. The lowest BCUT2D eigenvalue weighted by molar-refractivity contribution is -0.121. The number of nitrogens with zero attached hydrogens (tertiary/aromatic N) is 1. The van der Waals surface area contributed by atoms with Gasteiger partial charge in [-0.3, -0.25) is 9.79 Å². The highest BCUT2D eigenvalue weighted by molar-refractivity contribution is 5.81. The minimum atomic E-state index is -0.447. The normalized spacial score (nSPS) is 12.3. The van der Waals surface area contributed by atoms with E-state index >= 15 is 0 Å². The van der Waals surface area contributed by atoms with Gasteiger partial charge >= 0.3 is 0 Å². The summed E-state index contributed by atoms with van der Waals surface area (Å²) in [6.07, 6.45) is 0.423. The average Bonchev–Trinajstić information content (AvgIpc) is 2.70. The molecule has 2 aromatic rings. The van der Waals surface area contributed by atoms with Crippen LogP contribution < -0.4 is 21.1 Å². The maximum atomic E-state index is 13.1. The van der Waals surface area contributed by atoms with Gasteiger partial charge in [-0.05, 0) is 49.6 Å². The molecule has 0 spiro atoms. The van der Waals surface area contributed by atoms with Gasteiger partial charge < -0.3 is 21.1 Å². The fraction of sp³-hybridized carbons (Fsp3) is 0.364. The molecule has 0 saturated carbocycles. The number of rotatable bonds is 9. The van der Waals surface area contributed by atoms with Crippen LogP contribution in [0.25, 0.3) is 0 Å². The Balaban J connectivity index is 1.94. The first-order valence-electron chi connectivity index (χ1n) is 9.63. The number of ether oxygens (including phenoxy) is 1. The van der Waals surface area contributed by atoms with Crippen molar-refractivity contribution in [2.45, 2.75) is 26.8 Å². The van der Waals surface area contributed by atoms with Crippen molar-refractivity contribution in [1.29, 1.82) is 0 Å². The molecule has 0 bridgehead atoms. The molecule has 0 saturated heterocycles. The minimum absolute atomic E-state index is 0.311. The quantitative estimate of drug-likeness (QED) is 0.446. The van der Waals surface area contributed by atoms with Crippen molar-refractivity contribution in [3.05, 3.63) is 65.0 Å². The lowest BCUT2D eigenvalue weighted by Crippen LogP contribution is -2.42. The van der Waals surface area contributed by atoms with E-state index in [1.54, 1.807) is 19.2 Å². The summed E-state index contributed by atoms with van der Waals surface area (Å²) in [7, 11) is 1.66. The molecule has 0 aromatic heterocycles. The van der Waals surface area contributed by atoms with E-state index in [4.69, 9.17) is 10.5 Å². The molecule has 156 valence electrons. The molecule has 4 N–H and O–H groups in total. The number of hydrogen-bond donors (Lipinski definition) is 3. The van der Waals surface area contributed by atoms with Gasteiger partial charge in [-0.25, -0.2) is 4.39 Å². The summed E-state index contributed by atoms with van der Waals surface area (Å²) in [5.74, 6) is 0.210. The van der Waals surface area contributed by atoms with Gasteiger partial charge in [0.1, 0.15) is 11.6 Å². The van der Waals surface area contributed by atoms with E-state index in [0.29, 0.717) is 32.1 Å². The van der Waals surface area contributed by atoms with Crippen LogP contribution in [0.3, 0.4) is 0 Å². The van der Waals surface area contributed by atoms with Crippen LogP contribution in [0.15, 0.2) is 47.5 Å². The molecular weight excluding hydrogens is 371 g/mol. The van der Waals surface area contributed by atoms with E-state index in [-0.39, 0.29) is 5.82 Å². The first-order valence-corrected chi connectivity index (χ1v) is 9.63. The van der Waals surface area contributed by atoms with E-state index in [0.717, 1.165) is 22.4 Å². The maximum absolute atomic E-state index is 13.1. The third-order valence-corrected chi connectivity index (χ3v) is 4.51. The number of aliphatic imine (C=N–C) groups is 1. The molecule has 1 amide bonds. The zero-order valence-electron chi connectivity index (χ0n) is 17.2. The number of halogens is 1. The molecule has 0 radical (unpaired) electrons. The topological polar surface area (TPSA) is 88.7 Å². The molecule has 0 fully saturated rings. The second-order valence-corrected chi connectivity index (χ2v) is 6.78. The van der Waals surface area contributed by atoms with Gasteiger partial charge in [-0.1, -0.05) is 24.3 Å². The molecule has 29 heavy (non-hydrogen) atoms. The standard InChI is InChI=1S/C22H29FN4O2/c1-4-29-20-11-15(2)5-8-17(20)13-26-22(25-3)27-14-18(21(24)28)12-16-6-9-19(23)10-7-16/h5-11,18H,4,12-14H2,1-3H3,(H2,24,28)(H2,25,26,27). The fourth-order valence-corrected chi connectivity index (χ4v) is 2.90. The van der Waals surface area contributed by atoms with Crippen molar-refractivity contribution >= 4 is 11.9 Å². The molecule has 0 heterocycles. The zero-order valence-corrected chi connectivity index (χ0v) is 17.2. The molecule has 1 unspecified atom stereocenters. The molecule has 2 rings (SSSR count). The number of nitrogens with two attached hydrogens (primary N) is 1. The van der Waals surface area contributed by atoms with Crippen LogP contribution in [0.4, 0.5) is 4.39 Å². The number of hydrogen-bond acceptors (Lipinski definition) is 3. The molecule has 6 nitrogen and oxygen atoms in total. The highest BCUT2D eigenvalue weighted by Gasteiger charge is 2.17. The Labute approximate surface area is 171 Å².